The van der Waals surface area contributed by atoms with Crippen LogP contribution in [0.1, 0.15) is 6.92 Å². The molecule has 1 heterocycles. The zero-order chi connectivity index (χ0) is 12.8. The largest absolute Gasteiger partial charge is 0.384 e. The summed E-state index contributed by atoms with van der Waals surface area (Å²) in [6.07, 6.45) is 3.23. The summed E-state index contributed by atoms with van der Waals surface area (Å²) < 4.78 is 6.88. The molecule has 0 radical (unpaired) electrons. The Bertz CT molecular complexity index is 470. The summed E-state index contributed by atoms with van der Waals surface area (Å²) in [5.41, 5.74) is 2.05. The first kappa shape index (κ1) is 12.6. The van der Waals surface area contributed by atoms with Crippen molar-refractivity contribution in [3.63, 3.8) is 0 Å². The monoisotopic (exact) mass is 246 g/mol. The van der Waals surface area contributed by atoms with Crippen LogP contribution in [-0.4, -0.2) is 35.0 Å². The predicted octanol–water partition coefficient (Wildman–Crippen LogP) is 1.96. The van der Waals surface area contributed by atoms with E-state index in [0.29, 0.717) is 5.92 Å². The first-order chi connectivity index (χ1) is 8.81. The third-order valence-electron chi connectivity index (χ3n) is 2.66. The van der Waals surface area contributed by atoms with E-state index in [1.807, 2.05) is 24.3 Å². The van der Waals surface area contributed by atoms with Gasteiger partial charge in [-0.25, -0.2) is 9.67 Å². The van der Waals surface area contributed by atoms with Crippen LogP contribution < -0.4 is 5.32 Å². The molecule has 0 spiro atoms. The lowest BCUT2D eigenvalue weighted by Gasteiger charge is -2.15. The lowest BCUT2D eigenvalue weighted by atomic mass is 10.2. The van der Waals surface area contributed by atoms with Gasteiger partial charge in [0.1, 0.15) is 12.7 Å². The lowest BCUT2D eigenvalue weighted by molar-refractivity contribution is 0.164. The van der Waals surface area contributed by atoms with Gasteiger partial charge in [0.25, 0.3) is 0 Å². The molecular weight excluding hydrogens is 228 g/mol. The quantitative estimate of drug-likeness (QED) is 0.846. The van der Waals surface area contributed by atoms with Crippen LogP contribution in [0.25, 0.3) is 5.69 Å². The Labute approximate surface area is 107 Å². The Morgan fingerprint density at radius 1 is 1.39 bits per heavy atom. The molecule has 1 aromatic heterocycles. The fraction of sp³-hybridized carbons (Fsp3) is 0.385. The van der Waals surface area contributed by atoms with Crippen molar-refractivity contribution in [3.8, 4) is 5.69 Å². The highest BCUT2D eigenvalue weighted by atomic mass is 16.5. The Hall–Kier alpha value is -1.88. The van der Waals surface area contributed by atoms with Crippen molar-refractivity contribution >= 4 is 5.69 Å². The summed E-state index contributed by atoms with van der Waals surface area (Å²) in [6, 6.07) is 8.04. The molecule has 1 atom stereocenters. The van der Waals surface area contributed by atoms with E-state index in [1.165, 1.54) is 6.33 Å². The lowest BCUT2D eigenvalue weighted by Crippen LogP contribution is -2.16. The summed E-state index contributed by atoms with van der Waals surface area (Å²) >= 11 is 0. The van der Waals surface area contributed by atoms with Crippen molar-refractivity contribution in [2.24, 2.45) is 5.92 Å². The highest BCUT2D eigenvalue weighted by Gasteiger charge is 2.06. The number of anilines is 1. The van der Waals surface area contributed by atoms with Gasteiger partial charge in [-0.2, -0.15) is 5.10 Å². The third-order valence-corrected chi connectivity index (χ3v) is 2.66. The minimum absolute atomic E-state index is 0.457. The summed E-state index contributed by atoms with van der Waals surface area (Å²) in [6.45, 7) is 3.76. The van der Waals surface area contributed by atoms with Crippen LogP contribution in [0.15, 0.2) is 36.9 Å². The number of rotatable bonds is 6. The minimum Gasteiger partial charge on any atom is -0.384 e. The molecule has 0 aliphatic heterocycles. The fourth-order valence-electron chi connectivity index (χ4n) is 1.78. The molecule has 0 amide bonds. The Kier molecular flexibility index (Phi) is 4.30. The van der Waals surface area contributed by atoms with Crippen LogP contribution >= 0.6 is 0 Å². The smallest absolute Gasteiger partial charge is 0.138 e. The van der Waals surface area contributed by atoms with Crippen molar-refractivity contribution in [3.05, 3.63) is 36.9 Å². The van der Waals surface area contributed by atoms with E-state index in [-0.39, 0.29) is 0 Å². The maximum Gasteiger partial charge on any atom is 0.138 e. The number of aromatic nitrogens is 3. The second-order valence-corrected chi connectivity index (χ2v) is 4.30. The van der Waals surface area contributed by atoms with Gasteiger partial charge < -0.3 is 10.1 Å². The first-order valence-corrected chi connectivity index (χ1v) is 5.98. The van der Waals surface area contributed by atoms with E-state index >= 15 is 0 Å². The average molecular weight is 246 g/mol. The second-order valence-electron chi connectivity index (χ2n) is 4.30. The van der Waals surface area contributed by atoms with Crippen molar-refractivity contribution < 1.29 is 4.74 Å². The molecule has 18 heavy (non-hydrogen) atoms. The molecule has 5 heteroatoms. The molecule has 2 rings (SSSR count). The number of methoxy groups -OCH3 is 1. The highest BCUT2D eigenvalue weighted by molar-refractivity contribution is 5.60. The van der Waals surface area contributed by atoms with Crippen molar-refractivity contribution in [2.45, 2.75) is 6.92 Å². The molecule has 96 valence electrons. The average Bonchev–Trinajstić information content (AvgIpc) is 2.91. The molecule has 1 unspecified atom stereocenters. The van der Waals surface area contributed by atoms with Gasteiger partial charge in [0.2, 0.25) is 0 Å². The van der Waals surface area contributed by atoms with E-state index in [1.54, 1.807) is 18.1 Å². The van der Waals surface area contributed by atoms with Gasteiger partial charge in [-0.1, -0.05) is 19.1 Å². The zero-order valence-electron chi connectivity index (χ0n) is 10.7. The number of hydrogen-bond donors (Lipinski definition) is 1. The standard InChI is InChI=1S/C13H18N4O/c1-11(8-18-2)7-15-12-5-3-4-6-13(12)17-10-14-9-16-17/h3-6,9-11,15H,7-8H2,1-2H3. The molecule has 5 nitrogen and oxygen atoms in total. The van der Waals surface area contributed by atoms with Crippen LogP contribution in [0.4, 0.5) is 5.69 Å². The topological polar surface area (TPSA) is 52.0 Å². The van der Waals surface area contributed by atoms with E-state index in [4.69, 9.17) is 4.74 Å². The summed E-state index contributed by atoms with van der Waals surface area (Å²) in [5.74, 6) is 0.457. The fourth-order valence-corrected chi connectivity index (χ4v) is 1.78. The van der Waals surface area contributed by atoms with E-state index in [0.717, 1.165) is 24.5 Å². The summed E-state index contributed by atoms with van der Waals surface area (Å²) in [5, 5.41) is 7.57. The van der Waals surface area contributed by atoms with Gasteiger partial charge in [-0.15, -0.1) is 0 Å². The van der Waals surface area contributed by atoms with Gasteiger partial charge in [0, 0.05) is 13.7 Å². The Morgan fingerprint density at radius 3 is 2.94 bits per heavy atom. The third kappa shape index (κ3) is 3.07. The molecular formula is C13H18N4O. The number of nitrogens with zero attached hydrogens (tertiary/aromatic N) is 3. The maximum atomic E-state index is 5.13. The first-order valence-electron chi connectivity index (χ1n) is 5.98. The van der Waals surface area contributed by atoms with Crippen molar-refractivity contribution in [1.29, 1.82) is 0 Å². The number of hydrogen-bond acceptors (Lipinski definition) is 4. The van der Waals surface area contributed by atoms with Gasteiger partial charge >= 0.3 is 0 Å². The van der Waals surface area contributed by atoms with Crippen LogP contribution in [0.5, 0.6) is 0 Å². The maximum absolute atomic E-state index is 5.13. The Balaban J connectivity index is 2.09. The van der Waals surface area contributed by atoms with Crippen LogP contribution in [0, 0.1) is 5.92 Å². The van der Waals surface area contributed by atoms with Gasteiger partial charge in [-0.3, -0.25) is 0 Å². The molecule has 2 aromatic rings. The summed E-state index contributed by atoms with van der Waals surface area (Å²) in [4.78, 5) is 3.97. The molecule has 0 saturated carbocycles. The minimum atomic E-state index is 0.457. The van der Waals surface area contributed by atoms with Crippen molar-refractivity contribution in [1.82, 2.24) is 14.8 Å². The number of para-hydroxylation sites is 2. The number of benzene rings is 1. The van der Waals surface area contributed by atoms with Crippen LogP contribution in [-0.2, 0) is 4.74 Å². The molecule has 0 fully saturated rings. The van der Waals surface area contributed by atoms with Gasteiger partial charge in [-0.05, 0) is 18.1 Å². The SMILES string of the molecule is COCC(C)CNc1ccccc1-n1cncn1. The van der Waals surface area contributed by atoms with Crippen molar-refractivity contribution in [2.75, 3.05) is 25.6 Å². The molecule has 1 N–H and O–H groups in total. The molecule has 0 aliphatic rings. The van der Waals surface area contributed by atoms with E-state index in [9.17, 15) is 0 Å². The highest BCUT2D eigenvalue weighted by Crippen LogP contribution is 2.18. The van der Waals surface area contributed by atoms with Gasteiger partial charge in [0.15, 0.2) is 0 Å². The molecule has 1 aromatic carbocycles. The zero-order valence-corrected chi connectivity index (χ0v) is 10.7. The second kappa shape index (κ2) is 6.16. The summed E-state index contributed by atoms with van der Waals surface area (Å²) in [7, 11) is 1.72. The van der Waals surface area contributed by atoms with Crippen LogP contribution in [0.3, 0.4) is 0 Å². The predicted molar refractivity (Wildman–Crippen MR) is 70.9 cm³/mol. The Morgan fingerprint density at radius 2 is 2.22 bits per heavy atom. The van der Waals surface area contributed by atoms with Gasteiger partial charge in [0.05, 0.1) is 18.0 Å². The number of ether oxygens (including phenoxy) is 1. The van der Waals surface area contributed by atoms with Crippen LogP contribution in [0.2, 0.25) is 0 Å². The molecule has 0 bridgehead atoms. The van der Waals surface area contributed by atoms with E-state index in [2.05, 4.69) is 22.3 Å². The molecule has 0 aliphatic carbocycles. The number of nitrogens with one attached hydrogen (secondary N) is 1. The normalized spacial score (nSPS) is 12.3. The van der Waals surface area contributed by atoms with E-state index < -0.39 is 0 Å². The molecule has 0 saturated heterocycles.